The summed E-state index contributed by atoms with van der Waals surface area (Å²) in [6, 6.07) is 0. The first kappa shape index (κ1) is 13.3. The Morgan fingerprint density at radius 1 is 1.44 bits per heavy atom. The summed E-state index contributed by atoms with van der Waals surface area (Å²) < 4.78 is 26.0. The number of ketones is 1. The molecule has 1 heterocycles. The fourth-order valence-electron chi connectivity index (χ4n) is 0.989. The van der Waals surface area contributed by atoms with Crippen molar-refractivity contribution in [2.24, 2.45) is 0 Å². The Balaban J connectivity index is 3.04. The molecular weight excluding hydrogens is 248 g/mol. The Morgan fingerprint density at radius 3 is 2.38 bits per heavy atom. The number of thiazole rings is 1. The highest BCUT2D eigenvalue weighted by Crippen LogP contribution is 2.17. The minimum Gasteiger partial charge on any atom is -0.293 e. The van der Waals surface area contributed by atoms with Crippen molar-refractivity contribution in [3.63, 3.8) is 0 Å². The summed E-state index contributed by atoms with van der Waals surface area (Å²) in [5, 5.41) is 1.44. The number of hydrogen-bond donors (Lipinski definition) is 1. The molecule has 1 aromatic heterocycles. The second-order valence-corrected chi connectivity index (χ2v) is 7.12. The second kappa shape index (κ2) is 4.23. The van der Waals surface area contributed by atoms with Gasteiger partial charge in [-0.3, -0.25) is 4.79 Å². The first-order valence-corrected chi connectivity index (χ1v) is 6.98. The van der Waals surface area contributed by atoms with E-state index in [2.05, 4.69) is 9.71 Å². The average molecular weight is 262 g/mol. The Morgan fingerprint density at radius 2 is 2.00 bits per heavy atom. The van der Waals surface area contributed by atoms with Crippen LogP contribution >= 0.6 is 11.3 Å². The van der Waals surface area contributed by atoms with Gasteiger partial charge in [0.2, 0.25) is 4.34 Å². The highest BCUT2D eigenvalue weighted by atomic mass is 32.2. The third-order valence-electron chi connectivity index (χ3n) is 1.51. The monoisotopic (exact) mass is 262 g/mol. The van der Waals surface area contributed by atoms with Crippen molar-refractivity contribution in [2.45, 2.75) is 37.6 Å². The Hall–Kier alpha value is -0.790. The van der Waals surface area contributed by atoms with Gasteiger partial charge in [-0.15, -0.1) is 11.3 Å². The van der Waals surface area contributed by atoms with Gasteiger partial charge in [-0.05, 0) is 20.8 Å². The molecule has 7 heteroatoms. The van der Waals surface area contributed by atoms with E-state index >= 15 is 0 Å². The van der Waals surface area contributed by atoms with E-state index in [4.69, 9.17) is 0 Å². The van der Waals surface area contributed by atoms with Gasteiger partial charge in [-0.2, -0.15) is 0 Å². The number of hydrogen-bond acceptors (Lipinski definition) is 5. The van der Waals surface area contributed by atoms with Crippen LogP contribution in [0.2, 0.25) is 0 Å². The largest absolute Gasteiger partial charge is 0.293 e. The van der Waals surface area contributed by atoms with Gasteiger partial charge in [0.05, 0.1) is 0 Å². The topological polar surface area (TPSA) is 76.1 Å². The number of sulfonamides is 1. The summed E-state index contributed by atoms with van der Waals surface area (Å²) in [5.74, 6) is -0.242. The molecule has 1 rings (SSSR count). The maximum Gasteiger partial charge on any atom is 0.268 e. The van der Waals surface area contributed by atoms with Gasteiger partial charge in [0.1, 0.15) is 5.69 Å². The molecule has 0 saturated carbocycles. The second-order valence-electron chi connectivity index (χ2n) is 4.41. The van der Waals surface area contributed by atoms with E-state index in [9.17, 15) is 13.2 Å². The van der Waals surface area contributed by atoms with E-state index < -0.39 is 15.6 Å². The summed E-state index contributed by atoms with van der Waals surface area (Å²) >= 11 is 0.943. The molecule has 16 heavy (non-hydrogen) atoms. The maximum absolute atomic E-state index is 11.8. The summed E-state index contributed by atoms with van der Waals surface area (Å²) in [4.78, 5) is 14.8. The molecule has 0 spiro atoms. The molecule has 0 unspecified atom stereocenters. The van der Waals surface area contributed by atoms with E-state index in [1.165, 1.54) is 12.3 Å². The predicted octanol–water partition coefficient (Wildman–Crippen LogP) is 1.42. The quantitative estimate of drug-likeness (QED) is 0.836. The lowest BCUT2D eigenvalue weighted by atomic mass is 10.1. The average Bonchev–Trinajstić information content (AvgIpc) is 2.46. The molecule has 0 atom stereocenters. The lowest BCUT2D eigenvalue weighted by Crippen LogP contribution is -2.40. The van der Waals surface area contributed by atoms with Crippen molar-refractivity contribution in [1.82, 2.24) is 9.71 Å². The zero-order chi connectivity index (χ0) is 12.6. The SMILES string of the molecule is CC(=O)c1csc(S(=O)(=O)NC(C)(C)C)n1. The molecule has 0 radical (unpaired) electrons. The molecule has 1 N–H and O–H groups in total. The number of nitrogens with zero attached hydrogens (tertiary/aromatic N) is 1. The van der Waals surface area contributed by atoms with Gasteiger partial charge < -0.3 is 0 Å². The molecule has 90 valence electrons. The number of rotatable bonds is 3. The minimum atomic E-state index is -3.63. The molecule has 5 nitrogen and oxygen atoms in total. The smallest absolute Gasteiger partial charge is 0.268 e. The molecule has 0 amide bonds. The fraction of sp³-hybridized carbons (Fsp3) is 0.556. The van der Waals surface area contributed by atoms with Gasteiger partial charge in [-0.25, -0.2) is 18.1 Å². The number of carbonyl (C=O) groups is 1. The maximum atomic E-state index is 11.8. The van der Waals surface area contributed by atoms with Crippen molar-refractivity contribution in [2.75, 3.05) is 0 Å². The standard InChI is InChI=1S/C9H14N2O3S2/c1-6(12)7-5-15-8(10-7)16(13,14)11-9(2,3)4/h5,11H,1-4H3. The van der Waals surface area contributed by atoms with Gasteiger partial charge in [0, 0.05) is 17.8 Å². The van der Waals surface area contributed by atoms with Gasteiger partial charge >= 0.3 is 0 Å². The Kier molecular flexibility index (Phi) is 3.51. The predicted molar refractivity (Wildman–Crippen MR) is 62.2 cm³/mol. The zero-order valence-corrected chi connectivity index (χ0v) is 11.2. The van der Waals surface area contributed by atoms with Crippen LogP contribution in [-0.2, 0) is 10.0 Å². The first-order chi connectivity index (χ1) is 7.12. The van der Waals surface area contributed by atoms with E-state index in [0.717, 1.165) is 11.3 Å². The van der Waals surface area contributed by atoms with Crippen molar-refractivity contribution in [3.8, 4) is 0 Å². The number of carbonyl (C=O) groups excluding carboxylic acids is 1. The lowest BCUT2D eigenvalue weighted by Gasteiger charge is -2.18. The van der Waals surface area contributed by atoms with Crippen molar-refractivity contribution in [1.29, 1.82) is 0 Å². The lowest BCUT2D eigenvalue weighted by molar-refractivity contribution is 0.101. The van der Waals surface area contributed by atoms with E-state index in [0.29, 0.717) is 0 Å². The molecule has 0 aliphatic heterocycles. The fourth-order valence-corrected chi connectivity index (χ4v) is 3.46. The molecular formula is C9H14N2O3S2. The molecule has 1 aromatic rings. The normalized spacial score (nSPS) is 12.8. The highest BCUT2D eigenvalue weighted by Gasteiger charge is 2.25. The number of nitrogens with one attached hydrogen (secondary N) is 1. The first-order valence-electron chi connectivity index (χ1n) is 4.62. The van der Waals surface area contributed by atoms with Crippen LogP contribution in [0.1, 0.15) is 38.2 Å². The Bertz CT molecular complexity index is 497. The van der Waals surface area contributed by atoms with Crippen molar-refractivity contribution >= 4 is 27.1 Å². The Labute approximate surface area is 99.0 Å². The number of Topliss-reactive ketones (excluding diaryl/α,β-unsaturated/α-hetero) is 1. The zero-order valence-electron chi connectivity index (χ0n) is 9.57. The summed E-state index contributed by atoms with van der Waals surface area (Å²) in [6.45, 7) is 6.57. The summed E-state index contributed by atoms with van der Waals surface area (Å²) in [7, 11) is -3.63. The van der Waals surface area contributed by atoms with Gasteiger partial charge in [0.25, 0.3) is 10.0 Å². The van der Waals surface area contributed by atoms with Crippen LogP contribution in [0.3, 0.4) is 0 Å². The molecule has 0 aliphatic carbocycles. The van der Waals surface area contributed by atoms with Crippen LogP contribution in [0.5, 0.6) is 0 Å². The van der Waals surface area contributed by atoms with Crippen LogP contribution in [0.15, 0.2) is 9.72 Å². The molecule has 0 fully saturated rings. The highest BCUT2D eigenvalue weighted by molar-refractivity contribution is 7.91. The van der Waals surface area contributed by atoms with E-state index in [1.54, 1.807) is 20.8 Å². The molecule has 0 aromatic carbocycles. The summed E-state index contributed by atoms with van der Waals surface area (Å²) in [6.07, 6.45) is 0. The molecule has 0 aliphatic rings. The van der Waals surface area contributed by atoms with Crippen LogP contribution in [0.4, 0.5) is 0 Å². The van der Waals surface area contributed by atoms with Crippen LogP contribution in [0.25, 0.3) is 0 Å². The molecule has 0 bridgehead atoms. The third kappa shape index (κ3) is 3.36. The van der Waals surface area contributed by atoms with E-state index in [-0.39, 0.29) is 15.8 Å². The van der Waals surface area contributed by atoms with Gasteiger partial charge in [0.15, 0.2) is 5.78 Å². The van der Waals surface area contributed by atoms with Gasteiger partial charge in [-0.1, -0.05) is 0 Å². The van der Waals surface area contributed by atoms with Crippen LogP contribution in [0, 0.1) is 0 Å². The minimum absolute atomic E-state index is 0.0763. The van der Waals surface area contributed by atoms with Crippen molar-refractivity contribution < 1.29 is 13.2 Å². The van der Waals surface area contributed by atoms with Crippen molar-refractivity contribution in [3.05, 3.63) is 11.1 Å². The summed E-state index contributed by atoms with van der Waals surface area (Å²) in [5.41, 5.74) is -0.389. The number of aromatic nitrogens is 1. The van der Waals surface area contributed by atoms with Crippen LogP contribution < -0.4 is 4.72 Å². The third-order valence-corrected chi connectivity index (χ3v) is 4.53. The van der Waals surface area contributed by atoms with Crippen LogP contribution in [-0.4, -0.2) is 24.7 Å². The van der Waals surface area contributed by atoms with E-state index in [1.807, 2.05) is 0 Å². The molecule has 0 saturated heterocycles.